The summed E-state index contributed by atoms with van der Waals surface area (Å²) >= 11 is 5.49. The quantitative estimate of drug-likeness (QED) is 0.0546. The Hall–Kier alpha value is -3.95. The summed E-state index contributed by atoms with van der Waals surface area (Å²) in [6.07, 6.45) is 8.69. The molecule has 23 heteroatoms. The van der Waals surface area contributed by atoms with E-state index in [4.69, 9.17) is 35.8 Å². The molecule has 12 nitrogen and oxygen atoms in total. The summed E-state index contributed by atoms with van der Waals surface area (Å²) in [6, 6.07) is 0. The van der Waals surface area contributed by atoms with E-state index >= 15 is 0 Å². The number of rotatable bonds is 9. The number of carbonyl (C=O) groups is 2. The van der Waals surface area contributed by atoms with Crippen LogP contribution in [0.3, 0.4) is 0 Å². The Kier molecular flexibility index (Phi) is 20.7. The van der Waals surface area contributed by atoms with Crippen molar-refractivity contribution in [1.29, 1.82) is 0 Å². The lowest BCUT2D eigenvalue weighted by molar-refractivity contribution is -0.115. The molecule has 3 N–H and O–H groups in total. The van der Waals surface area contributed by atoms with Crippen molar-refractivity contribution in [3.8, 4) is 0 Å². The number of hydrogen-bond acceptors (Lipinski definition) is 12. The fourth-order valence-corrected chi connectivity index (χ4v) is 9.72. The number of hydrogen-bond donors (Lipinski definition) is 3. The van der Waals surface area contributed by atoms with Crippen LogP contribution in [0.4, 0.5) is 43.9 Å². The Labute approximate surface area is 410 Å². The first-order valence-corrected chi connectivity index (χ1v) is 24.9. The third-order valence-corrected chi connectivity index (χ3v) is 14.8. The predicted molar refractivity (Wildman–Crippen MR) is 239 cm³/mol. The maximum Gasteiger partial charge on any atom is 0.343 e. The Morgan fingerprint density at radius 3 is 1.38 bits per heavy atom. The van der Waals surface area contributed by atoms with Gasteiger partial charge in [0, 0.05) is 111 Å². The van der Waals surface area contributed by atoms with E-state index in [1.54, 1.807) is 0 Å². The van der Waals surface area contributed by atoms with Crippen molar-refractivity contribution in [2.75, 3.05) is 7.11 Å². The number of carbonyl (C=O) groups excluding carboxylic acids is 2. The molecule has 0 aromatic carbocycles. The zero-order chi connectivity index (χ0) is 52.2. The van der Waals surface area contributed by atoms with Crippen LogP contribution < -0.4 is 0 Å². The molecule has 0 amide bonds. The van der Waals surface area contributed by atoms with Crippen molar-refractivity contribution in [2.24, 2.45) is 28.1 Å². The smallest absolute Gasteiger partial charge is 0.343 e. The van der Waals surface area contributed by atoms with E-state index in [0.717, 1.165) is 49.0 Å². The van der Waals surface area contributed by atoms with Gasteiger partial charge in [0.2, 0.25) is 29.6 Å². The second-order valence-electron chi connectivity index (χ2n) is 20.0. The molecule has 71 heavy (non-hydrogen) atoms. The van der Waals surface area contributed by atoms with Gasteiger partial charge in [-0.1, -0.05) is 27.1 Å². The summed E-state index contributed by atoms with van der Waals surface area (Å²) in [6.45, 7) is -0.0996. The summed E-state index contributed by atoms with van der Waals surface area (Å²) in [5.74, 6) is -11.5. The number of ether oxygens (including phenoxy) is 1. The van der Waals surface area contributed by atoms with Crippen molar-refractivity contribution in [1.82, 2.24) is 10.3 Å². The summed E-state index contributed by atoms with van der Waals surface area (Å²) in [4.78, 5) is 22.1. The number of aliphatic hydroxyl groups is 1. The number of aldehydes is 1. The fourth-order valence-electron chi connectivity index (χ4n) is 9.50. The number of methoxy groups -OCH3 is 1. The van der Waals surface area contributed by atoms with Gasteiger partial charge in [0.15, 0.2) is 5.76 Å². The molecule has 7 aliphatic carbocycles. The Bertz CT molecular complexity index is 2030. The first-order valence-electron chi connectivity index (χ1n) is 24.5. The predicted octanol–water partition coefficient (Wildman–Crippen LogP) is 14.1. The lowest BCUT2D eigenvalue weighted by Gasteiger charge is -2.27. The van der Waals surface area contributed by atoms with Crippen LogP contribution in [-0.4, -0.2) is 86.2 Å². The van der Waals surface area contributed by atoms with Gasteiger partial charge in [0.25, 0.3) is 0 Å². The van der Waals surface area contributed by atoms with E-state index in [1.165, 1.54) is 13.3 Å². The molecule has 2 aromatic heterocycles. The maximum atomic E-state index is 13.2. The van der Waals surface area contributed by atoms with Gasteiger partial charge in [0.1, 0.15) is 28.5 Å². The van der Waals surface area contributed by atoms with E-state index in [1.807, 2.05) is 0 Å². The molecule has 0 radical (unpaired) electrons. The van der Waals surface area contributed by atoms with E-state index in [2.05, 4.69) is 20.6 Å². The molecule has 2 heterocycles. The first kappa shape index (κ1) is 57.9. The van der Waals surface area contributed by atoms with E-state index in [0.29, 0.717) is 87.1 Å². The van der Waals surface area contributed by atoms with Gasteiger partial charge in [0.05, 0.1) is 19.4 Å². The van der Waals surface area contributed by atoms with E-state index in [-0.39, 0.29) is 111 Å². The molecule has 9 rings (SSSR count). The number of oxime groups is 2. The summed E-state index contributed by atoms with van der Waals surface area (Å²) in [5, 5.41) is 39.6. The van der Waals surface area contributed by atoms with Gasteiger partial charge in [-0.15, -0.1) is 5.16 Å². The van der Waals surface area contributed by atoms with Crippen LogP contribution in [0.1, 0.15) is 217 Å². The molecule has 2 aromatic rings. The maximum absolute atomic E-state index is 13.2. The number of nitrogens with zero attached hydrogens (tertiary/aromatic N) is 4. The van der Waals surface area contributed by atoms with Gasteiger partial charge in [-0.25, -0.2) is 48.7 Å². The van der Waals surface area contributed by atoms with Crippen LogP contribution in [0.25, 0.3) is 0 Å². The Morgan fingerprint density at radius 1 is 0.606 bits per heavy atom. The molecule has 7 fully saturated rings. The molecule has 0 saturated heterocycles. The van der Waals surface area contributed by atoms with Crippen LogP contribution in [0.15, 0.2) is 19.4 Å². The molecule has 0 bridgehead atoms. The summed E-state index contributed by atoms with van der Waals surface area (Å²) in [5.41, 5.74) is 2.36. The minimum absolute atomic E-state index is 0.0167. The zero-order valence-corrected chi connectivity index (χ0v) is 40.5. The van der Waals surface area contributed by atoms with Gasteiger partial charge < -0.3 is 34.1 Å². The first-order chi connectivity index (χ1) is 33.4. The lowest BCUT2D eigenvalue weighted by Crippen LogP contribution is -2.27. The number of halogens is 11. The highest BCUT2D eigenvalue weighted by atomic mass is 35.5. The topological polar surface area (TPSA) is 181 Å². The highest BCUT2D eigenvalue weighted by Gasteiger charge is 2.43. The average Bonchev–Trinajstić information content (AvgIpc) is 4.28. The van der Waals surface area contributed by atoms with E-state index < -0.39 is 35.6 Å². The van der Waals surface area contributed by atoms with Crippen LogP contribution in [0.5, 0.6) is 0 Å². The van der Waals surface area contributed by atoms with Crippen molar-refractivity contribution < 1.29 is 82.8 Å². The number of aromatic nitrogens is 2. The molecule has 0 aliphatic heterocycles. The normalized spacial score (nSPS) is 24.7. The van der Waals surface area contributed by atoms with Crippen molar-refractivity contribution >= 4 is 35.2 Å². The molecule has 0 atom stereocenters. The molecule has 0 spiro atoms. The third-order valence-electron chi connectivity index (χ3n) is 14.4. The van der Waals surface area contributed by atoms with Crippen molar-refractivity contribution in [2.45, 2.75) is 214 Å². The van der Waals surface area contributed by atoms with E-state index in [9.17, 15) is 58.6 Å². The Morgan fingerprint density at radius 2 is 0.986 bits per heavy atom. The zero-order valence-electron chi connectivity index (χ0n) is 39.7. The lowest BCUT2D eigenvalue weighted by atomic mass is 9.83. The second-order valence-corrected chi connectivity index (χ2v) is 20.4. The minimum atomic E-state index is -2.59. The van der Waals surface area contributed by atoms with Crippen LogP contribution in [-0.2, 0) is 16.1 Å². The van der Waals surface area contributed by atoms with Crippen LogP contribution in [0.2, 0.25) is 0 Å². The highest BCUT2D eigenvalue weighted by Crippen LogP contribution is 2.48. The van der Waals surface area contributed by atoms with Crippen molar-refractivity contribution in [3.63, 3.8) is 0 Å². The van der Waals surface area contributed by atoms with Gasteiger partial charge in [-0.2, -0.15) is 0 Å². The number of alkyl halides is 10. The second kappa shape index (κ2) is 25.3. The van der Waals surface area contributed by atoms with Crippen LogP contribution >= 0.6 is 11.6 Å². The van der Waals surface area contributed by atoms with Crippen molar-refractivity contribution in [3.05, 3.63) is 34.0 Å². The third kappa shape index (κ3) is 17.9. The summed E-state index contributed by atoms with van der Waals surface area (Å²) in [7, 11) is 1.31. The largest absolute Gasteiger partial charge is 0.465 e. The standard InChI is InChI=1S/C14H17F2NO3.C13H17F2NO2.C7H10ClF2NO.C7H11F2NO.C7H10F2O/c1-19-13(18)10-11(17-20-12(10)9-2-3-9)8-4-6-14(15,16)7-5-8;14-13(15)5-3-8(4-6-13)11-10(7-17)12(18-16-11)9-1-2-9;8-6(11-12)5-1-3-7(9,10)4-2-5;8-7(9)3-1-6(2-4-7)5-10-11;8-7(9)3-1-6(5-10)2-4-7/h8-9H,2-7H2,1H3;8-9,17H,1-7H2;5,12H,1-4H2;5-6,11H,1-4H2;5-6H,1-4H2/b;;11-6-;10-5+;. The number of aliphatic hydroxyl groups excluding tert-OH is 1. The SMILES string of the molecule is COC(=O)c1c(C2CCC(F)(F)CC2)noc1C1CC1.O/N=C(\Cl)C1CCC(F)(F)CC1.O/N=C/C1CCC(F)(F)CC1.O=CC1CCC(F)(F)CC1.OCc1c(C2CCC(F)(F)CC2)noc1C1CC1. The molecular formula is C48H65ClF10N4O8. The van der Waals surface area contributed by atoms with Gasteiger partial charge in [-0.05, 0) is 95.8 Å². The average molecular weight is 1050 g/mol. The minimum Gasteiger partial charge on any atom is -0.465 e. The molecule has 0 unspecified atom stereocenters. The molecular weight excluding hydrogens is 986 g/mol. The van der Waals surface area contributed by atoms with Crippen LogP contribution in [0, 0.1) is 17.8 Å². The fraction of sp³-hybridized carbons (Fsp3) is 0.792. The van der Waals surface area contributed by atoms with Gasteiger partial charge >= 0.3 is 5.97 Å². The van der Waals surface area contributed by atoms with Gasteiger partial charge in [-0.3, -0.25) is 0 Å². The monoisotopic (exact) mass is 1050 g/mol. The number of esters is 1. The molecule has 7 saturated carbocycles. The highest BCUT2D eigenvalue weighted by molar-refractivity contribution is 6.65. The Balaban J connectivity index is 0.000000170. The molecule has 7 aliphatic rings. The molecule has 402 valence electrons. The summed E-state index contributed by atoms with van der Waals surface area (Å²) < 4.78 is 143.